The summed E-state index contributed by atoms with van der Waals surface area (Å²) in [7, 11) is 0. The van der Waals surface area contributed by atoms with Crippen LogP contribution in [0, 0.1) is 0 Å². The Morgan fingerprint density at radius 2 is 1.54 bits per heavy atom. The Balaban J connectivity index is 1.95. The van der Waals surface area contributed by atoms with E-state index in [1.807, 2.05) is 36.4 Å². The normalized spacial score (nSPS) is 11.5. The van der Waals surface area contributed by atoms with E-state index in [0.717, 1.165) is 5.56 Å². The van der Waals surface area contributed by atoms with Crippen LogP contribution < -0.4 is 10.6 Å². The summed E-state index contributed by atoms with van der Waals surface area (Å²) in [6.45, 7) is 3.74. The molecule has 148 valence electrons. The number of esters is 1. The first-order valence-corrected chi connectivity index (χ1v) is 9.32. The van der Waals surface area contributed by atoms with Crippen LogP contribution in [0.25, 0.3) is 0 Å². The van der Waals surface area contributed by atoms with E-state index in [9.17, 15) is 14.4 Å². The van der Waals surface area contributed by atoms with Crippen molar-refractivity contribution in [3.8, 4) is 0 Å². The SMILES string of the molecule is CC(C)OC(=O)CCNC(=O)CC(NC(=O)c1ccccc1)c1ccccc1. The van der Waals surface area contributed by atoms with Crippen LogP contribution in [0.3, 0.4) is 0 Å². The maximum absolute atomic E-state index is 12.5. The minimum atomic E-state index is -0.475. The maximum atomic E-state index is 12.5. The molecule has 0 aromatic heterocycles. The van der Waals surface area contributed by atoms with E-state index in [1.54, 1.807) is 38.1 Å². The number of carbonyl (C=O) groups excluding carboxylic acids is 3. The minimum Gasteiger partial charge on any atom is -0.463 e. The zero-order valence-electron chi connectivity index (χ0n) is 16.2. The number of rotatable bonds is 9. The molecule has 28 heavy (non-hydrogen) atoms. The van der Waals surface area contributed by atoms with Crippen molar-refractivity contribution in [1.29, 1.82) is 0 Å². The van der Waals surface area contributed by atoms with Crippen LogP contribution in [0.1, 0.15) is 48.7 Å². The predicted octanol–water partition coefficient (Wildman–Crippen LogP) is 3.01. The molecule has 1 unspecified atom stereocenters. The Bertz CT molecular complexity index is 776. The van der Waals surface area contributed by atoms with Gasteiger partial charge in [0.2, 0.25) is 5.91 Å². The third-order valence-corrected chi connectivity index (χ3v) is 3.95. The van der Waals surface area contributed by atoms with Gasteiger partial charge >= 0.3 is 5.97 Å². The van der Waals surface area contributed by atoms with Gasteiger partial charge in [-0.25, -0.2) is 0 Å². The van der Waals surface area contributed by atoms with Gasteiger partial charge in [-0.1, -0.05) is 48.5 Å². The zero-order chi connectivity index (χ0) is 20.4. The predicted molar refractivity (Wildman–Crippen MR) is 107 cm³/mol. The van der Waals surface area contributed by atoms with Gasteiger partial charge in [-0.2, -0.15) is 0 Å². The van der Waals surface area contributed by atoms with Gasteiger partial charge in [0.1, 0.15) is 0 Å². The smallest absolute Gasteiger partial charge is 0.307 e. The Morgan fingerprint density at radius 3 is 2.14 bits per heavy atom. The lowest BCUT2D eigenvalue weighted by Gasteiger charge is -2.19. The fourth-order valence-electron chi connectivity index (χ4n) is 2.65. The molecule has 2 N–H and O–H groups in total. The van der Waals surface area contributed by atoms with Crippen LogP contribution in [0.15, 0.2) is 60.7 Å². The second kappa shape index (κ2) is 10.9. The molecule has 0 radical (unpaired) electrons. The highest BCUT2D eigenvalue weighted by Crippen LogP contribution is 2.17. The molecule has 0 saturated heterocycles. The highest BCUT2D eigenvalue weighted by Gasteiger charge is 2.19. The van der Waals surface area contributed by atoms with Crippen molar-refractivity contribution in [1.82, 2.24) is 10.6 Å². The van der Waals surface area contributed by atoms with Crippen LogP contribution in [0.4, 0.5) is 0 Å². The van der Waals surface area contributed by atoms with Crippen molar-refractivity contribution in [3.05, 3.63) is 71.8 Å². The van der Waals surface area contributed by atoms with Crippen molar-refractivity contribution in [2.45, 2.75) is 38.8 Å². The molecule has 0 aliphatic heterocycles. The molecular weight excluding hydrogens is 356 g/mol. The molecule has 0 saturated carbocycles. The van der Waals surface area contributed by atoms with Gasteiger partial charge < -0.3 is 15.4 Å². The standard InChI is InChI=1S/C22H26N2O4/c1-16(2)28-21(26)13-14-23-20(25)15-19(17-9-5-3-6-10-17)24-22(27)18-11-7-4-8-12-18/h3-12,16,19H,13-15H2,1-2H3,(H,23,25)(H,24,27). The molecule has 0 bridgehead atoms. The Kier molecular flexibility index (Phi) is 8.21. The van der Waals surface area contributed by atoms with Crippen molar-refractivity contribution in [2.24, 2.45) is 0 Å². The van der Waals surface area contributed by atoms with Crippen LogP contribution >= 0.6 is 0 Å². The fourth-order valence-corrected chi connectivity index (χ4v) is 2.65. The monoisotopic (exact) mass is 382 g/mol. The lowest BCUT2D eigenvalue weighted by atomic mass is 10.0. The summed E-state index contributed by atoms with van der Waals surface area (Å²) < 4.78 is 5.04. The molecule has 6 nitrogen and oxygen atoms in total. The molecule has 2 aromatic rings. The Labute approximate surface area is 165 Å². The molecule has 6 heteroatoms. The molecule has 2 amide bonds. The van der Waals surface area contributed by atoms with E-state index < -0.39 is 6.04 Å². The number of carbonyl (C=O) groups is 3. The topological polar surface area (TPSA) is 84.5 Å². The van der Waals surface area contributed by atoms with Gasteiger partial charge in [-0.15, -0.1) is 0 Å². The highest BCUT2D eigenvalue weighted by atomic mass is 16.5. The summed E-state index contributed by atoms with van der Waals surface area (Å²) in [5.74, 6) is -0.852. The lowest BCUT2D eigenvalue weighted by Crippen LogP contribution is -2.34. The average molecular weight is 382 g/mol. The molecule has 0 fully saturated rings. The Hall–Kier alpha value is -3.15. The van der Waals surface area contributed by atoms with E-state index >= 15 is 0 Å². The number of hydrogen-bond acceptors (Lipinski definition) is 4. The molecule has 0 spiro atoms. The van der Waals surface area contributed by atoms with Crippen molar-refractivity contribution in [2.75, 3.05) is 6.54 Å². The number of nitrogens with one attached hydrogen (secondary N) is 2. The van der Waals surface area contributed by atoms with E-state index in [1.165, 1.54) is 0 Å². The van der Waals surface area contributed by atoms with Gasteiger partial charge in [0.25, 0.3) is 5.91 Å². The summed E-state index contributed by atoms with van der Waals surface area (Å²) in [5.41, 5.74) is 1.36. The van der Waals surface area contributed by atoms with E-state index in [0.29, 0.717) is 5.56 Å². The molecular formula is C22H26N2O4. The van der Waals surface area contributed by atoms with Crippen molar-refractivity contribution in [3.63, 3.8) is 0 Å². The van der Waals surface area contributed by atoms with E-state index in [2.05, 4.69) is 10.6 Å². The van der Waals surface area contributed by atoms with Crippen LogP contribution in [-0.2, 0) is 14.3 Å². The Morgan fingerprint density at radius 1 is 0.929 bits per heavy atom. The van der Waals surface area contributed by atoms with Gasteiger partial charge in [0.05, 0.1) is 25.0 Å². The second-order valence-corrected chi connectivity index (χ2v) is 6.65. The number of hydrogen-bond donors (Lipinski definition) is 2. The number of benzene rings is 2. The van der Waals surface area contributed by atoms with Crippen LogP contribution in [0.5, 0.6) is 0 Å². The van der Waals surface area contributed by atoms with Crippen molar-refractivity contribution < 1.29 is 19.1 Å². The first kappa shape index (κ1) is 21.2. The third kappa shape index (κ3) is 7.23. The molecule has 0 aliphatic rings. The summed E-state index contributed by atoms with van der Waals surface area (Å²) in [5, 5.41) is 5.62. The van der Waals surface area contributed by atoms with Gasteiger partial charge in [0, 0.05) is 12.1 Å². The van der Waals surface area contributed by atoms with Crippen LogP contribution in [0.2, 0.25) is 0 Å². The maximum Gasteiger partial charge on any atom is 0.307 e. The minimum absolute atomic E-state index is 0.0712. The van der Waals surface area contributed by atoms with Gasteiger partial charge in [-0.05, 0) is 31.5 Å². The van der Waals surface area contributed by atoms with E-state index in [4.69, 9.17) is 4.74 Å². The summed E-state index contributed by atoms with van der Waals surface area (Å²) >= 11 is 0. The largest absolute Gasteiger partial charge is 0.463 e. The average Bonchev–Trinajstić information content (AvgIpc) is 2.68. The number of ether oxygens (including phenoxy) is 1. The van der Waals surface area contributed by atoms with Gasteiger partial charge in [-0.3, -0.25) is 14.4 Å². The summed E-state index contributed by atoms with van der Waals surface area (Å²) in [4.78, 5) is 36.4. The summed E-state index contributed by atoms with van der Waals surface area (Å²) in [6, 6.07) is 17.7. The van der Waals surface area contributed by atoms with Crippen LogP contribution in [-0.4, -0.2) is 30.4 Å². The summed E-state index contributed by atoms with van der Waals surface area (Å²) in [6.07, 6.45) is -0.00293. The second-order valence-electron chi connectivity index (χ2n) is 6.65. The zero-order valence-corrected chi connectivity index (χ0v) is 16.2. The number of amides is 2. The molecule has 1 atom stereocenters. The van der Waals surface area contributed by atoms with E-state index in [-0.39, 0.29) is 43.3 Å². The first-order chi connectivity index (χ1) is 13.5. The molecule has 2 aromatic carbocycles. The first-order valence-electron chi connectivity index (χ1n) is 9.32. The molecule has 0 aliphatic carbocycles. The molecule has 0 heterocycles. The molecule has 2 rings (SSSR count). The third-order valence-electron chi connectivity index (χ3n) is 3.95. The quantitative estimate of drug-likeness (QED) is 0.653. The van der Waals surface area contributed by atoms with Crippen molar-refractivity contribution >= 4 is 17.8 Å². The fraction of sp³-hybridized carbons (Fsp3) is 0.318. The van der Waals surface area contributed by atoms with Gasteiger partial charge in [0.15, 0.2) is 0 Å². The highest BCUT2D eigenvalue weighted by molar-refractivity contribution is 5.94. The lowest BCUT2D eigenvalue weighted by molar-refractivity contribution is -0.147.